The molecule has 0 bridgehead atoms. The van der Waals surface area contributed by atoms with Gasteiger partial charge in [-0.15, -0.1) is 0 Å². The van der Waals surface area contributed by atoms with Crippen molar-refractivity contribution in [1.82, 2.24) is 15.2 Å². The highest BCUT2D eigenvalue weighted by Gasteiger charge is 2.24. The molecule has 0 aliphatic heterocycles. The Kier molecular flexibility index (Phi) is 1.86. The van der Waals surface area contributed by atoms with Crippen molar-refractivity contribution in [2.75, 3.05) is 0 Å². The van der Waals surface area contributed by atoms with Crippen molar-refractivity contribution >= 4 is 5.97 Å². The van der Waals surface area contributed by atoms with Crippen LogP contribution in [0, 0.1) is 0 Å². The number of carbonyl (C=O) groups is 1. The summed E-state index contributed by atoms with van der Waals surface area (Å²) >= 11 is 0. The molecule has 0 spiro atoms. The maximum atomic E-state index is 11.1. The summed E-state index contributed by atoms with van der Waals surface area (Å²) < 4.78 is 0. The average Bonchev–Trinajstić information content (AvgIpc) is 2.82. The van der Waals surface area contributed by atoms with Crippen LogP contribution in [0.2, 0.25) is 0 Å². The molecular formula is C11H11N3O2. The number of carboxylic acids is 1. The minimum absolute atomic E-state index is 0.310. The van der Waals surface area contributed by atoms with Crippen LogP contribution in [0.5, 0.6) is 0 Å². The van der Waals surface area contributed by atoms with Crippen LogP contribution in [0.25, 0.3) is 11.3 Å². The zero-order chi connectivity index (χ0) is 11.1. The van der Waals surface area contributed by atoms with Gasteiger partial charge < -0.3 is 10.1 Å². The third-order valence-corrected chi connectivity index (χ3v) is 3.02. The largest absolute Gasteiger partial charge is 0.478 e. The van der Waals surface area contributed by atoms with Gasteiger partial charge >= 0.3 is 5.97 Å². The lowest BCUT2D eigenvalue weighted by molar-refractivity contribution is 0.0698. The molecule has 0 radical (unpaired) electrons. The molecule has 0 amide bonds. The van der Waals surface area contributed by atoms with Gasteiger partial charge in [-0.3, -0.25) is 5.10 Å². The van der Waals surface area contributed by atoms with Crippen molar-refractivity contribution in [3.63, 3.8) is 0 Å². The van der Waals surface area contributed by atoms with Gasteiger partial charge in [-0.1, -0.05) is 0 Å². The van der Waals surface area contributed by atoms with E-state index in [1.807, 2.05) is 6.20 Å². The molecule has 82 valence electrons. The summed E-state index contributed by atoms with van der Waals surface area (Å²) in [5.41, 5.74) is 3.92. The molecule has 0 atom stereocenters. The molecule has 2 heterocycles. The number of nitrogens with zero attached hydrogens (tertiary/aromatic N) is 1. The minimum atomic E-state index is -0.909. The molecular weight excluding hydrogens is 206 g/mol. The number of hydrogen-bond acceptors (Lipinski definition) is 2. The van der Waals surface area contributed by atoms with Crippen molar-refractivity contribution in [1.29, 1.82) is 0 Å². The minimum Gasteiger partial charge on any atom is -0.478 e. The quantitative estimate of drug-likeness (QED) is 0.678. The molecule has 5 nitrogen and oxygen atoms in total. The fourth-order valence-electron chi connectivity index (χ4n) is 2.28. The van der Waals surface area contributed by atoms with E-state index in [2.05, 4.69) is 15.2 Å². The van der Waals surface area contributed by atoms with Gasteiger partial charge in [-0.05, 0) is 24.8 Å². The number of aromatic carboxylic acids is 1. The Morgan fingerprint density at radius 2 is 2.25 bits per heavy atom. The fraction of sp³-hybridized carbons (Fsp3) is 0.273. The first-order chi connectivity index (χ1) is 7.77. The van der Waals surface area contributed by atoms with Crippen LogP contribution in [-0.2, 0) is 12.8 Å². The third kappa shape index (κ3) is 1.18. The third-order valence-electron chi connectivity index (χ3n) is 3.02. The zero-order valence-corrected chi connectivity index (χ0v) is 8.58. The summed E-state index contributed by atoms with van der Waals surface area (Å²) in [6, 6.07) is 0. The molecule has 0 saturated heterocycles. The van der Waals surface area contributed by atoms with E-state index in [4.69, 9.17) is 5.11 Å². The lowest BCUT2D eigenvalue weighted by Gasteiger charge is -1.99. The van der Waals surface area contributed by atoms with Gasteiger partial charge in [0.05, 0.1) is 11.3 Å². The van der Waals surface area contributed by atoms with Crippen LogP contribution in [0.15, 0.2) is 12.4 Å². The van der Waals surface area contributed by atoms with E-state index in [-0.39, 0.29) is 0 Å². The Bertz CT molecular complexity index is 553. The van der Waals surface area contributed by atoms with E-state index in [9.17, 15) is 4.79 Å². The van der Waals surface area contributed by atoms with Crippen LogP contribution in [0.3, 0.4) is 0 Å². The molecule has 16 heavy (non-hydrogen) atoms. The Hall–Kier alpha value is -2.04. The number of aryl methyl sites for hydroxylation is 2. The van der Waals surface area contributed by atoms with Crippen LogP contribution >= 0.6 is 0 Å². The highest BCUT2D eigenvalue weighted by molar-refractivity contribution is 5.96. The number of nitrogens with one attached hydrogen (secondary N) is 2. The molecule has 2 aromatic rings. The maximum absolute atomic E-state index is 11.1. The molecule has 1 aliphatic carbocycles. The van der Waals surface area contributed by atoms with Gasteiger partial charge in [0.25, 0.3) is 0 Å². The molecule has 0 unspecified atom stereocenters. The number of carboxylic acid groups (broad SMARTS) is 1. The fourth-order valence-corrected chi connectivity index (χ4v) is 2.28. The molecule has 1 aliphatic rings. The van der Waals surface area contributed by atoms with Gasteiger partial charge in [-0.25, -0.2) is 4.79 Å². The summed E-state index contributed by atoms with van der Waals surface area (Å²) in [4.78, 5) is 14.2. The standard InChI is InChI=1S/C11H11N3O2/c15-11(16)7-5-12-8-3-1-2-6-4-13-14-10(6)9(7)8/h4-5,12H,1-3H2,(H,13,14)(H,15,16). The highest BCUT2D eigenvalue weighted by Crippen LogP contribution is 2.33. The van der Waals surface area contributed by atoms with Gasteiger partial charge in [0.15, 0.2) is 0 Å². The topological polar surface area (TPSA) is 81.8 Å². The summed E-state index contributed by atoms with van der Waals surface area (Å²) in [5, 5.41) is 16.1. The van der Waals surface area contributed by atoms with E-state index in [0.29, 0.717) is 5.56 Å². The Morgan fingerprint density at radius 3 is 3.06 bits per heavy atom. The summed E-state index contributed by atoms with van der Waals surface area (Å²) in [6.45, 7) is 0. The Labute approximate surface area is 91.5 Å². The normalized spacial score (nSPS) is 14.0. The van der Waals surface area contributed by atoms with Crippen LogP contribution < -0.4 is 0 Å². The Balaban J connectivity index is 2.28. The van der Waals surface area contributed by atoms with E-state index >= 15 is 0 Å². The van der Waals surface area contributed by atoms with E-state index < -0.39 is 5.97 Å². The van der Waals surface area contributed by atoms with Crippen molar-refractivity contribution < 1.29 is 9.90 Å². The monoisotopic (exact) mass is 217 g/mol. The molecule has 0 saturated carbocycles. The van der Waals surface area contributed by atoms with Crippen LogP contribution in [0.4, 0.5) is 0 Å². The zero-order valence-electron chi connectivity index (χ0n) is 8.58. The molecule has 5 heteroatoms. The van der Waals surface area contributed by atoms with E-state index in [0.717, 1.165) is 41.8 Å². The number of aromatic nitrogens is 3. The first-order valence-electron chi connectivity index (χ1n) is 5.24. The van der Waals surface area contributed by atoms with E-state index in [1.165, 1.54) is 0 Å². The van der Waals surface area contributed by atoms with Gasteiger partial charge in [0.1, 0.15) is 0 Å². The summed E-state index contributed by atoms with van der Waals surface area (Å²) in [6.07, 6.45) is 6.23. The second kappa shape index (κ2) is 3.23. The van der Waals surface area contributed by atoms with Crippen LogP contribution in [0.1, 0.15) is 28.0 Å². The number of aromatic amines is 2. The molecule has 0 aromatic carbocycles. The highest BCUT2D eigenvalue weighted by atomic mass is 16.4. The molecule has 3 rings (SSSR count). The van der Waals surface area contributed by atoms with Crippen molar-refractivity contribution in [2.45, 2.75) is 19.3 Å². The predicted molar refractivity (Wildman–Crippen MR) is 57.4 cm³/mol. The van der Waals surface area contributed by atoms with Gasteiger partial charge in [0.2, 0.25) is 0 Å². The maximum Gasteiger partial charge on any atom is 0.337 e. The summed E-state index contributed by atoms with van der Waals surface area (Å²) in [5.74, 6) is -0.909. The number of rotatable bonds is 1. The number of fused-ring (bicyclic) bond motifs is 3. The lowest BCUT2D eigenvalue weighted by atomic mass is 10.1. The second-order valence-electron chi connectivity index (χ2n) is 3.97. The number of H-pyrrole nitrogens is 2. The summed E-state index contributed by atoms with van der Waals surface area (Å²) in [7, 11) is 0. The first kappa shape index (κ1) is 9.21. The van der Waals surface area contributed by atoms with E-state index in [1.54, 1.807) is 6.20 Å². The SMILES string of the molecule is O=C(O)c1c[nH]c2c1-c1n[nH]cc1CCC2. The van der Waals surface area contributed by atoms with Gasteiger partial charge in [-0.2, -0.15) is 5.10 Å². The van der Waals surface area contributed by atoms with Crippen molar-refractivity contribution in [3.05, 3.63) is 29.2 Å². The lowest BCUT2D eigenvalue weighted by Crippen LogP contribution is -1.97. The first-order valence-corrected chi connectivity index (χ1v) is 5.24. The molecule has 3 N–H and O–H groups in total. The molecule has 0 fully saturated rings. The molecule has 2 aromatic heterocycles. The second-order valence-corrected chi connectivity index (χ2v) is 3.97. The van der Waals surface area contributed by atoms with Crippen LogP contribution in [-0.4, -0.2) is 26.3 Å². The number of hydrogen-bond donors (Lipinski definition) is 3. The van der Waals surface area contributed by atoms with Crippen molar-refractivity contribution in [3.8, 4) is 11.3 Å². The average molecular weight is 217 g/mol. The predicted octanol–water partition coefficient (Wildman–Crippen LogP) is 1.59. The van der Waals surface area contributed by atoms with Crippen molar-refractivity contribution in [2.24, 2.45) is 0 Å². The Morgan fingerprint density at radius 1 is 1.38 bits per heavy atom. The van der Waals surface area contributed by atoms with Gasteiger partial charge in [0, 0.05) is 23.7 Å². The smallest absolute Gasteiger partial charge is 0.337 e.